The molecule has 1 unspecified atom stereocenters. The molecule has 0 radical (unpaired) electrons. The van der Waals surface area contributed by atoms with Crippen LogP contribution in [-0.2, 0) is 6.42 Å². The third-order valence-corrected chi connectivity index (χ3v) is 4.28. The largest absolute Gasteiger partial charge is 0.310 e. The zero-order chi connectivity index (χ0) is 14.4. The highest BCUT2D eigenvalue weighted by Gasteiger charge is 2.13. The predicted molar refractivity (Wildman–Crippen MR) is 84.8 cm³/mol. The smallest absolute Gasteiger partial charge is 0.123 e. The third kappa shape index (κ3) is 4.15. The molecular formula is C17H22FNS. The number of rotatable bonds is 7. The molecule has 0 aliphatic heterocycles. The van der Waals surface area contributed by atoms with Crippen LogP contribution in [0.15, 0.2) is 35.0 Å². The molecule has 1 nitrogen and oxygen atoms in total. The van der Waals surface area contributed by atoms with E-state index in [4.69, 9.17) is 0 Å². The summed E-state index contributed by atoms with van der Waals surface area (Å²) in [6, 6.07) is 7.59. The van der Waals surface area contributed by atoms with Crippen molar-refractivity contribution in [1.29, 1.82) is 0 Å². The van der Waals surface area contributed by atoms with Gasteiger partial charge in [0.05, 0.1) is 0 Å². The lowest BCUT2D eigenvalue weighted by atomic mass is 9.96. The minimum absolute atomic E-state index is 0.154. The zero-order valence-electron chi connectivity index (χ0n) is 12.2. The minimum Gasteiger partial charge on any atom is -0.310 e. The monoisotopic (exact) mass is 291 g/mol. The van der Waals surface area contributed by atoms with Crippen LogP contribution in [0.2, 0.25) is 0 Å². The summed E-state index contributed by atoms with van der Waals surface area (Å²) in [5.74, 6) is -0.154. The highest BCUT2D eigenvalue weighted by atomic mass is 32.1. The van der Waals surface area contributed by atoms with Gasteiger partial charge in [0.2, 0.25) is 0 Å². The van der Waals surface area contributed by atoms with E-state index in [1.807, 2.05) is 13.0 Å². The van der Waals surface area contributed by atoms with E-state index in [1.165, 1.54) is 11.1 Å². The Kier molecular flexibility index (Phi) is 5.74. The molecule has 1 N–H and O–H groups in total. The van der Waals surface area contributed by atoms with E-state index in [1.54, 1.807) is 23.5 Å². The van der Waals surface area contributed by atoms with Gasteiger partial charge in [-0.15, -0.1) is 0 Å². The lowest BCUT2D eigenvalue weighted by Crippen LogP contribution is -2.23. The van der Waals surface area contributed by atoms with E-state index in [0.717, 1.165) is 31.4 Å². The van der Waals surface area contributed by atoms with Crippen molar-refractivity contribution in [2.75, 3.05) is 6.54 Å². The predicted octanol–water partition coefficient (Wildman–Crippen LogP) is 4.87. The molecule has 1 aromatic carbocycles. The van der Waals surface area contributed by atoms with Gasteiger partial charge in [0.1, 0.15) is 5.82 Å². The van der Waals surface area contributed by atoms with E-state index < -0.39 is 0 Å². The average molecular weight is 291 g/mol. The zero-order valence-corrected chi connectivity index (χ0v) is 13.0. The van der Waals surface area contributed by atoms with Gasteiger partial charge in [-0.2, -0.15) is 11.3 Å². The highest BCUT2D eigenvalue weighted by Crippen LogP contribution is 2.24. The summed E-state index contributed by atoms with van der Waals surface area (Å²) in [6.07, 6.45) is 3.21. The van der Waals surface area contributed by atoms with Gasteiger partial charge < -0.3 is 5.32 Å². The molecule has 0 aliphatic carbocycles. The first-order valence-corrected chi connectivity index (χ1v) is 8.15. The first-order valence-electron chi connectivity index (χ1n) is 7.21. The van der Waals surface area contributed by atoms with E-state index >= 15 is 0 Å². The van der Waals surface area contributed by atoms with Crippen LogP contribution in [0.1, 0.15) is 42.5 Å². The maximum absolute atomic E-state index is 13.3. The number of halogens is 1. The number of benzene rings is 1. The van der Waals surface area contributed by atoms with Gasteiger partial charge >= 0.3 is 0 Å². The molecular weight excluding hydrogens is 269 g/mol. The van der Waals surface area contributed by atoms with Crippen molar-refractivity contribution in [3.8, 4) is 0 Å². The van der Waals surface area contributed by atoms with Crippen molar-refractivity contribution in [2.45, 2.75) is 39.2 Å². The second-order valence-corrected chi connectivity index (χ2v) is 5.96. The second-order valence-electron chi connectivity index (χ2n) is 5.18. The molecule has 0 spiro atoms. The number of nitrogens with one attached hydrogen (secondary N) is 1. The van der Waals surface area contributed by atoms with Crippen LogP contribution in [0.4, 0.5) is 4.39 Å². The van der Waals surface area contributed by atoms with Crippen molar-refractivity contribution < 1.29 is 4.39 Å². The lowest BCUT2D eigenvalue weighted by molar-refractivity contribution is 0.496. The number of aryl methyl sites for hydroxylation is 2. The fraction of sp³-hybridized carbons (Fsp3) is 0.412. The first-order chi connectivity index (χ1) is 9.70. The Morgan fingerprint density at radius 3 is 2.80 bits per heavy atom. The summed E-state index contributed by atoms with van der Waals surface area (Å²) in [5.41, 5.74) is 3.64. The molecule has 1 atom stereocenters. The SMILES string of the molecule is CCCNC(CCc1ccsc1)c1ccc(F)cc1C. The standard InChI is InChI=1S/C17H22FNS/c1-3-9-19-17(7-4-14-8-10-20-12-14)16-6-5-15(18)11-13(16)2/h5-6,8,10-12,17,19H,3-4,7,9H2,1-2H3. The molecule has 0 amide bonds. The third-order valence-electron chi connectivity index (χ3n) is 3.55. The quantitative estimate of drug-likeness (QED) is 0.767. The van der Waals surface area contributed by atoms with E-state index in [-0.39, 0.29) is 5.82 Å². The van der Waals surface area contributed by atoms with Crippen molar-refractivity contribution >= 4 is 11.3 Å². The Morgan fingerprint density at radius 2 is 2.15 bits per heavy atom. The molecule has 0 saturated heterocycles. The van der Waals surface area contributed by atoms with Crippen LogP contribution in [0, 0.1) is 12.7 Å². The second kappa shape index (κ2) is 7.55. The number of hydrogen-bond donors (Lipinski definition) is 1. The van der Waals surface area contributed by atoms with Crippen LogP contribution < -0.4 is 5.32 Å². The normalized spacial score (nSPS) is 12.6. The summed E-state index contributed by atoms with van der Waals surface area (Å²) in [4.78, 5) is 0. The maximum atomic E-state index is 13.3. The van der Waals surface area contributed by atoms with Crippen LogP contribution >= 0.6 is 11.3 Å². The summed E-state index contributed by atoms with van der Waals surface area (Å²) < 4.78 is 13.3. The molecule has 20 heavy (non-hydrogen) atoms. The molecule has 3 heteroatoms. The Morgan fingerprint density at radius 1 is 1.30 bits per heavy atom. The van der Waals surface area contributed by atoms with Crippen LogP contribution in [0.3, 0.4) is 0 Å². The van der Waals surface area contributed by atoms with Crippen LogP contribution in [-0.4, -0.2) is 6.54 Å². The lowest BCUT2D eigenvalue weighted by Gasteiger charge is -2.21. The van der Waals surface area contributed by atoms with Gasteiger partial charge in [-0.3, -0.25) is 0 Å². The van der Waals surface area contributed by atoms with Crippen LogP contribution in [0.25, 0.3) is 0 Å². The first kappa shape index (κ1) is 15.2. The summed E-state index contributed by atoms with van der Waals surface area (Å²) >= 11 is 1.74. The van der Waals surface area contributed by atoms with Crippen molar-refractivity contribution in [3.63, 3.8) is 0 Å². The minimum atomic E-state index is -0.154. The average Bonchev–Trinajstić information content (AvgIpc) is 2.93. The molecule has 2 rings (SSSR count). The molecule has 0 bridgehead atoms. The van der Waals surface area contributed by atoms with Crippen molar-refractivity contribution in [3.05, 3.63) is 57.5 Å². The van der Waals surface area contributed by atoms with E-state index in [2.05, 4.69) is 29.1 Å². The summed E-state index contributed by atoms with van der Waals surface area (Å²) in [5, 5.41) is 7.91. The molecule has 108 valence electrons. The Balaban J connectivity index is 2.09. The molecule has 0 fully saturated rings. The molecule has 0 aliphatic rings. The molecule has 1 aromatic heterocycles. The molecule has 1 heterocycles. The fourth-order valence-electron chi connectivity index (χ4n) is 2.46. The molecule has 0 saturated carbocycles. The van der Waals surface area contributed by atoms with Gasteiger partial charge in [-0.25, -0.2) is 4.39 Å². The van der Waals surface area contributed by atoms with Crippen molar-refractivity contribution in [1.82, 2.24) is 5.32 Å². The van der Waals surface area contributed by atoms with Gasteiger partial charge in [-0.05, 0) is 78.4 Å². The fourth-order valence-corrected chi connectivity index (χ4v) is 3.17. The van der Waals surface area contributed by atoms with Crippen LogP contribution in [0.5, 0.6) is 0 Å². The van der Waals surface area contributed by atoms with Gasteiger partial charge in [-0.1, -0.05) is 13.0 Å². The summed E-state index contributed by atoms with van der Waals surface area (Å²) in [6.45, 7) is 5.15. The molecule has 2 aromatic rings. The number of thiophene rings is 1. The maximum Gasteiger partial charge on any atom is 0.123 e. The topological polar surface area (TPSA) is 12.0 Å². The number of hydrogen-bond acceptors (Lipinski definition) is 2. The van der Waals surface area contributed by atoms with Gasteiger partial charge in [0.15, 0.2) is 0 Å². The van der Waals surface area contributed by atoms with Gasteiger partial charge in [0.25, 0.3) is 0 Å². The highest BCUT2D eigenvalue weighted by molar-refractivity contribution is 7.07. The van der Waals surface area contributed by atoms with E-state index in [9.17, 15) is 4.39 Å². The van der Waals surface area contributed by atoms with Crippen molar-refractivity contribution in [2.24, 2.45) is 0 Å². The Labute approximate surface area is 124 Å². The van der Waals surface area contributed by atoms with E-state index in [0.29, 0.717) is 6.04 Å². The summed E-state index contributed by atoms with van der Waals surface area (Å²) in [7, 11) is 0. The Bertz CT molecular complexity index is 522. The Hall–Kier alpha value is -1.19. The van der Waals surface area contributed by atoms with Gasteiger partial charge in [0, 0.05) is 6.04 Å².